The van der Waals surface area contributed by atoms with Crippen LogP contribution < -0.4 is 10.2 Å². The average molecular weight is 477 g/mol. The van der Waals surface area contributed by atoms with E-state index in [9.17, 15) is 21.6 Å². The van der Waals surface area contributed by atoms with E-state index in [-0.39, 0.29) is 16.4 Å². The van der Waals surface area contributed by atoms with Crippen LogP contribution in [0.25, 0.3) is 11.3 Å². The molecule has 2 aromatic heterocycles. The van der Waals surface area contributed by atoms with E-state index in [4.69, 9.17) is 0 Å². The van der Waals surface area contributed by atoms with Crippen molar-refractivity contribution in [1.82, 2.24) is 15.3 Å². The maximum absolute atomic E-state index is 13.6. The van der Waals surface area contributed by atoms with Gasteiger partial charge in [0.05, 0.1) is 22.7 Å². The van der Waals surface area contributed by atoms with Crippen LogP contribution in [0.4, 0.5) is 19.0 Å². The van der Waals surface area contributed by atoms with Gasteiger partial charge in [-0.2, -0.15) is 13.2 Å². The predicted molar refractivity (Wildman–Crippen MR) is 120 cm³/mol. The Morgan fingerprint density at radius 3 is 2.39 bits per heavy atom. The molecule has 10 heteroatoms. The molecule has 0 radical (unpaired) electrons. The number of anilines is 1. The first-order chi connectivity index (χ1) is 15.6. The van der Waals surface area contributed by atoms with Crippen molar-refractivity contribution >= 4 is 15.7 Å². The highest BCUT2D eigenvalue weighted by atomic mass is 32.2. The topological polar surface area (TPSA) is 75.2 Å². The number of hydrogen-bond acceptors (Lipinski definition) is 6. The Kier molecular flexibility index (Phi) is 6.40. The lowest BCUT2D eigenvalue weighted by molar-refractivity contribution is -0.137. The van der Waals surface area contributed by atoms with Gasteiger partial charge in [-0.15, -0.1) is 0 Å². The number of alkyl halides is 3. The highest BCUT2D eigenvalue weighted by Gasteiger charge is 2.35. The van der Waals surface area contributed by atoms with Crippen molar-refractivity contribution in [1.29, 1.82) is 0 Å². The Hall–Kier alpha value is -2.98. The molecule has 1 aliphatic heterocycles. The summed E-state index contributed by atoms with van der Waals surface area (Å²) in [5.74, 6) is 0.000671. The molecule has 1 aromatic carbocycles. The van der Waals surface area contributed by atoms with Crippen molar-refractivity contribution in [2.24, 2.45) is 0 Å². The van der Waals surface area contributed by atoms with Gasteiger partial charge in [0.2, 0.25) is 9.84 Å². The van der Waals surface area contributed by atoms with Crippen molar-refractivity contribution in [2.45, 2.75) is 23.9 Å². The van der Waals surface area contributed by atoms with Gasteiger partial charge in [0.1, 0.15) is 5.82 Å². The quantitative estimate of drug-likeness (QED) is 0.603. The molecule has 3 aromatic rings. The summed E-state index contributed by atoms with van der Waals surface area (Å²) in [6, 6.07) is 13.3. The van der Waals surface area contributed by atoms with Crippen LogP contribution in [0.1, 0.15) is 16.8 Å². The lowest BCUT2D eigenvalue weighted by Gasteiger charge is -2.28. The number of pyridine rings is 2. The number of piperazine rings is 1. The van der Waals surface area contributed by atoms with Crippen molar-refractivity contribution in [3.63, 3.8) is 0 Å². The minimum atomic E-state index is -4.62. The second-order valence-electron chi connectivity index (χ2n) is 7.84. The molecule has 1 aliphatic rings. The summed E-state index contributed by atoms with van der Waals surface area (Å²) in [6.07, 6.45) is -4.62. The third-order valence-corrected chi connectivity index (χ3v) is 7.01. The standard InChI is InChI=1S/C23H23F3N4O2S/c1-16-5-2-3-6-18(16)22-19(23(24,25)26)10-9-17(28-22)15-33(31,32)21-8-4-7-20(29-21)30-13-11-27-12-14-30/h2-10,27H,11-15H2,1H3. The lowest BCUT2D eigenvalue weighted by Crippen LogP contribution is -2.44. The maximum Gasteiger partial charge on any atom is 0.418 e. The summed E-state index contributed by atoms with van der Waals surface area (Å²) < 4.78 is 67.1. The number of nitrogens with zero attached hydrogens (tertiary/aromatic N) is 3. The van der Waals surface area contributed by atoms with Gasteiger partial charge in [-0.3, -0.25) is 4.98 Å². The zero-order valence-corrected chi connectivity index (χ0v) is 18.7. The molecule has 0 spiro atoms. The summed E-state index contributed by atoms with van der Waals surface area (Å²) in [4.78, 5) is 10.5. The van der Waals surface area contributed by atoms with Gasteiger partial charge in [-0.25, -0.2) is 13.4 Å². The zero-order valence-electron chi connectivity index (χ0n) is 17.9. The van der Waals surface area contributed by atoms with Gasteiger partial charge in [-0.1, -0.05) is 30.3 Å². The Morgan fingerprint density at radius 1 is 0.970 bits per heavy atom. The van der Waals surface area contributed by atoms with E-state index in [1.165, 1.54) is 6.07 Å². The van der Waals surface area contributed by atoms with Crippen molar-refractivity contribution in [3.05, 3.63) is 71.4 Å². The third-order valence-electron chi connectivity index (χ3n) is 5.46. The molecule has 1 fully saturated rings. The van der Waals surface area contributed by atoms with E-state index in [0.717, 1.165) is 25.2 Å². The first-order valence-electron chi connectivity index (χ1n) is 10.4. The molecule has 0 bridgehead atoms. The van der Waals surface area contributed by atoms with Gasteiger partial charge in [0.25, 0.3) is 0 Å². The van der Waals surface area contributed by atoms with Gasteiger partial charge >= 0.3 is 6.18 Å². The second kappa shape index (κ2) is 9.11. The van der Waals surface area contributed by atoms with Crippen LogP contribution in [0, 0.1) is 6.92 Å². The molecule has 33 heavy (non-hydrogen) atoms. The van der Waals surface area contributed by atoms with Crippen LogP contribution >= 0.6 is 0 Å². The summed E-state index contributed by atoms with van der Waals surface area (Å²) >= 11 is 0. The number of halogens is 3. The molecule has 1 N–H and O–H groups in total. The average Bonchev–Trinajstić information content (AvgIpc) is 2.79. The summed E-state index contributed by atoms with van der Waals surface area (Å²) in [5.41, 5.74) is -0.243. The molecule has 0 atom stereocenters. The SMILES string of the molecule is Cc1ccccc1-c1nc(CS(=O)(=O)c2cccc(N3CCNCC3)n2)ccc1C(F)(F)F. The Labute approximate surface area is 190 Å². The minimum absolute atomic E-state index is 0.0237. The summed E-state index contributed by atoms with van der Waals surface area (Å²) in [7, 11) is -3.93. The molecule has 3 heterocycles. The van der Waals surface area contributed by atoms with Crippen LogP contribution in [-0.2, 0) is 21.8 Å². The van der Waals surface area contributed by atoms with Crippen molar-refractivity contribution < 1.29 is 21.6 Å². The highest BCUT2D eigenvalue weighted by Crippen LogP contribution is 2.37. The number of benzene rings is 1. The molecule has 0 unspecified atom stereocenters. The molecular formula is C23H23F3N4O2S. The largest absolute Gasteiger partial charge is 0.418 e. The molecule has 0 aliphatic carbocycles. The van der Waals surface area contributed by atoms with Gasteiger partial charge in [-0.05, 0) is 36.8 Å². The van der Waals surface area contributed by atoms with Crippen molar-refractivity contribution in [3.8, 4) is 11.3 Å². The van der Waals surface area contributed by atoms with E-state index in [1.54, 1.807) is 43.3 Å². The fourth-order valence-corrected chi connectivity index (χ4v) is 4.98. The van der Waals surface area contributed by atoms with Gasteiger partial charge in [0, 0.05) is 31.7 Å². The Morgan fingerprint density at radius 2 is 1.70 bits per heavy atom. The number of hydrogen-bond donors (Lipinski definition) is 1. The normalized spacial score (nSPS) is 15.0. The molecule has 6 nitrogen and oxygen atoms in total. The molecule has 0 amide bonds. The minimum Gasteiger partial charge on any atom is -0.354 e. The van der Waals surface area contributed by atoms with E-state index in [1.807, 2.05) is 4.90 Å². The number of aryl methyl sites for hydroxylation is 1. The van der Waals surface area contributed by atoms with Crippen LogP contribution in [-0.4, -0.2) is 44.6 Å². The highest BCUT2D eigenvalue weighted by molar-refractivity contribution is 7.90. The van der Waals surface area contributed by atoms with Gasteiger partial charge in [0.15, 0.2) is 5.03 Å². The van der Waals surface area contributed by atoms with Crippen LogP contribution in [0.3, 0.4) is 0 Å². The molecule has 4 rings (SSSR count). The predicted octanol–water partition coefficient (Wildman–Crippen LogP) is 3.85. The Bertz CT molecular complexity index is 1260. The number of sulfone groups is 1. The first kappa shape index (κ1) is 23.2. The fraction of sp³-hybridized carbons (Fsp3) is 0.304. The number of aromatic nitrogens is 2. The molecular weight excluding hydrogens is 453 g/mol. The molecule has 0 saturated carbocycles. The number of rotatable bonds is 5. The summed E-state index contributed by atoms with van der Waals surface area (Å²) in [6.45, 7) is 4.64. The summed E-state index contributed by atoms with van der Waals surface area (Å²) in [5, 5.41) is 3.10. The lowest BCUT2D eigenvalue weighted by atomic mass is 10.0. The van der Waals surface area contributed by atoms with Crippen LogP contribution in [0.5, 0.6) is 0 Å². The van der Waals surface area contributed by atoms with E-state index in [2.05, 4.69) is 15.3 Å². The third kappa shape index (κ3) is 5.17. The maximum atomic E-state index is 13.6. The van der Waals surface area contributed by atoms with E-state index >= 15 is 0 Å². The molecule has 1 saturated heterocycles. The van der Waals surface area contributed by atoms with E-state index in [0.29, 0.717) is 30.0 Å². The smallest absolute Gasteiger partial charge is 0.354 e. The van der Waals surface area contributed by atoms with Crippen LogP contribution in [0.2, 0.25) is 0 Å². The second-order valence-corrected chi connectivity index (χ2v) is 9.78. The first-order valence-corrected chi connectivity index (χ1v) is 12.1. The number of nitrogens with one attached hydrogen (secondary N) is 1. The fourth-order valence-electron chi connectivity index (χ4n) is 3.77. The monoisotopic (exact) mass is 476 g/mol. The van der Waals surface area contributed by atoms with Crippen LogP contribution in [0.15, 0.2) is 59.6 Å². The van der Waals surface area contributed by atoms with E-state index < -0.39 is 27.3 Å². The Balaban J connectivity index is 1.69. The molecule has 174 valence electrons. The van der Waals surface area contributed by atoms with Crippen molar-refractivity contribution in [2.75, 3.05) is 31.1 Å². The zero-order chi connectivity index (χ0) is 23.6. The van der Waals surface area contributed by atoms with Gasteiger partial charge < -0.3 is 10.2 Å².